The van der Waals surface area contributed by atoms with Crippen LogP contribution in [0.3, 0.4) is 0 Å². The lowest BCUT2D eigenvalue weighted by atomic mass is 9.97. The summed E-state index contributed by atoms with van der Waals surface area (Å²) in [7, 11) is 0. The van der Waals surface area contributed by atoms with Crippen LogP contribution in [-0.4, -0.2) is 138 Å². The zero-order valence-electron chi connectivity index (χ0n) is 22.8. The van der Waals surface area contributed by atoms with E-state index in [0.29, 0.717) is 0 Å². The first kappa shape index (κ1) is 36.5. The molecule has 0 aromatic rings. The minimum atomic E-state index is -1.60. The van der Waals surface area contributed by atoms with E-state index in [1.807, 2.05) is 0 Å². The highest BCUT2D eigenvalue weighted by Gasteiger charge is 2.45. The van der Waals surface area contributed by atoms with Gasteiger partial charge in [0.25, 0.3) is 0 Å². The monoisotopic (exact) mass is 623 g/mol. The average Bonchev–Trinajstić information content (AvgIpc) is 2.92. The van der Waals surface area contributed by atoms with Crippen LogP contribution in [0, 0.1) is 0 Å². The Hall–Kier alpha value is -3.56. The van der Waals surface area contributed by atoms with Crippen molar-refractivity contribution >= 4 is 54.0 Å². The van der Waals surface area contributed by atoms with Crippen molar-refractivity contribution in [2.45, 2.75) is 56.6 Å². The van der Waals surface area contributed by atoms with Gasteiger partial charge in [0.1, 0.15) is 36.4 Å². The Morgan fingerprint density at radius 1 is 0.857 bits per heavy atom. The van der Waals surface area contributed by atoms with Crippen molar-refractivity contribution in [1.29, 1.82) is 0 Å². The van der Waals surface area contributed by atoms with E-state index in [1.54, 1.807) is 0 Å². The van der Waals surface area contributed by atoms with Crippen LogP contribution in [0.4, 0.5) is 0 Å². The van der Waals surface area contributed by atoms with Gasteiger partial charge in [-0.25, -0.2) is 0 Å². The molecule has 0 spiro atoms. The zero-order valence-corrected chi connectivity index (χ0v) is 23.7. The van der Waals surface area contributed by atoms with Gasteiger partial charge in [-0.2, -0.15) is 12.6 Å². The molecule has 0 unspecified atom stereocenters. The van der Waals surface area contributed by atoms with Crippen molar-refractivity contribution in [2.24, 2.45) is 5.73 Å². The zero-order chi connectivity index (χ0) is 32.0. The van der Waals surface area contributed by atoms with Gasteiger partial charge in [0, 0.05) is 19.6 Å². The molecule has 1 aliphatic rings. The molecule has 7 amide bonds. The normalized spacial score (nSPS) is 23.0. The maximum Gasteiger partial charge on any atom is 0.245 e. The summed E-state index contributed by atoms with van der Waals surface area (Å²) in [5.74, 6) is -5.27. The van der Waals surface area contributed by atoms with Crippen molar-refractivity contribution in [3.05, 3.63) is 0 Å². The highest BCUT2D eigenvalue weighted by atomic mass is 32.1. The fraction of sp³-hybridized carbons (Fsp3) is 0.682. The molecule has 1 heterocycles. The number of thiol groups is 1. The molecular formula is C22H37N7O12S. The average molecular weight is 624 g/mol. The number of ether oxygens (including phenoxy) is 2. The van der Waals surface area contributed by atoms with E-state index in [2.05, 4.69) is 44.5 Å². The predicted octanol–water partition coefficient (Wildman–Crippen LogP) is -7.30. The van der Waals surface area contributed by atoms with Crippen LogP contribution >= 0.6 is 12.6 Å². The second kappa shape index (κ2) is 18.1. The number of aliphatic hydroxyl groups excluding tert-OH is 3. The Morgan fingerprint density at radius 2 is 1.43 bits per heavy atom. The van der Waals surface area contributed by atoms with Crippen LogP contribution in [-0.2, 0) is 43.0 Å². The van der Waals surface area contributed by atoms with E-state index in [-0.39, 0.29) is 5.75 Å². The summed E-state index contributed by atoms with van der Waals surface area (Å²) < 4.78 is 10.9. The fourth-order valence-electron chi connectivity index (χ4n) is 3.46. The Bertz CT molecular complexity index is 1000. The largest absolute Gasteiger partial charge is 0.394 e. The van der Waals surface area contributed by atoms with Crippen molar-refractivity contribution in [3.8, 4) is 0 Å². The van der Waals surface area contributed by atoms with Crippen LogP contribution in [0.15, 0.2) is 0 Å². The van der Waals surface area contributed by atoms with Crippen LogP contribution in [0.5, 0.6) is 0 Å². The van der Waals surface area contributed by atoms with Crippen molar-refractivity contribution < 1.29 is 58.4 Å². The maximum absolute atomic E-state index is 12.6. The van der Waals surface area contributed by atoms with Gasteiger partial charge in [0.2, 0.25) is 41.4 Å². The first-order chi connectivity index (χ1) is 19.7. The maximum atomic E-state index is 12.6. The van der Waals surface area contributed by atoms with Gasteiger partial charge in [-0.1, -0.05) is 0 Å². The summed E-state index contributed by atoms with van der Waals surface area (Å²) in [6.45, 7) is -0.733. The lowest BCUT2D eigenvalue weighted by Crippen LogP contribution is -2.65. The van der Waals surface area contributed by atoms with Crippen LogP contribution in [0.2, 0.25) is 0 Å². The molecule has 0 saturated carbocycles. The number of amides is 7. The van der Waals surface area contributed by atoms with Gasteiger partial charge in [0.05, 0.1) is 32.8 Å². The summed E-state index contributed by atoms with van der Waals surface area (Å²) >= 11 is 3.87. The molecule has 1 fully saturated rings. The van der Waals surface area contributed by atoms with E-state index in [4.69, 9.17) is 15.2 Å². The molecule has 11 N–H and O–H groups in total. The number of rotatable bonds is 16. The molecule has 0 bridgehead atoms. The fourth-order valence-corrected chi connectivity index (χ4v) is 3.73. The third-order valence-corrected chi connectivity index (χ3v) is 5.91. The molecule has 20 heteroatoms. The van der Waals surface area contributed by atoms with Crippen LogP contribution in [0.25, 0.3) is 0 Å². The summed E-state index contributed by atoms with van der Waals surface area (Å²) in [6.07, 6.45) is -5.89. The van der Waals surface area contributed by atoms with E-state index < -0.39 is 117 Å². The van der Waals surface area contributed by atoms with Gasteiger partial charge in [0.15, 0.2) is 6.29 Å². The van der Waals surface area contributed by atoms with E-state index in [9.17, 15) is 48.9 Å². The number of hydrogen-bond acceptors (Lipinski definition) is 13. The third-order valence-electron chi connectivity index (χ3n) is 5.55. The third kappa shape index (κ3) is 12.5. The minimum absolute atomic E-state index is 0.0465. The number of aliphatic hydroxyl groups is 3. The summed E-state index contributed by atoms with van der Waals surface area (Å²) in [5, 5.41) is 43.4. The minimum Gasteiger partial charge on any atom is -0.394 e. The Kier molecular flexibility index (Phi) is 15.7. The van der Waals surface area contributed by atoms with Gasteiger partial charge in [-0.15, -0.1) is 0 Å². The predicted molar refractivity (Wildman–Crippen MR) is 143 cm³/mol. The number of primary amides is 1. The topological polar surface area (TPSA) is 297 Å². The molecule has 0 radical (unpaired) electrons. The standard InChI is InChI=1S/C22H37N7O12S/c1-9(31)27-11(7-40-22-17(28-10(2)32)19(37)18(36)13(6-30)41-22)21(39)26-4-15(34)24-3-14(33)25-5-16(35)29-12(8-42)20(23)38/h11-13,17-19,22,30,36-37,42H,3-8H2,1-2H3,(H2,23,38)(H,24,34)(H,25,33)(H,26,39)(H,27,31)(H,28,32)(H,29,35)/t11-,12-,13+,17+,18-,19+,22-/m0/s1. The molecule has 0 aromatic heterocycles. The number of carbonyl (C=O) groups excluding carboxylic acids is 7. The lowest BCUT2D eigenvalue weighted by molar-refractivity contribution is -0.270. The smallest absolute Gasteiger partial charge is 0.245 e. The molecule has 19 nitrogen and oxygen atoms in total. The Morgan fingerprint density at radius 3 is 1.93 bits per heavy atom. The van der Waals surface area contributed by atoms with Crippen molar-refractivity contribution in [2.75, 3.05) is 38.6 Å². The van der Waals surface area contributed by atoms with Crippen LogP contribution in [0.1, 0.15) is 13.8 Å². The molecule has 7 atom stereocenters. The van der Waals surface area contributed by atoms with Crippen molar-refractivity contribution in [3.63, 3.8) is 0 Å². The van der Waals surface area contributed by atoms with Gasteiger partial charge in [-0.3, -0.25) is 33.6 Å². The van der Waals surface area contributed by atoms with Crippen LogP contribution < -0.4 is 37.6 Å². The molecular weight excluding hydrogens is 586 g/mol. The van der Waals surface area contributed by atoms with Crippen molar-refractivity contribution in [1.82, 2.24) is 31.9 Å². The van der Waals surface area contributed by atoms with Gasteiger partial charge in [-0.05, 0) is 0 Å². The van der Waals surface area contributed by atoms with Gasteiger partial charge < -0.3 is 62.4 Å². The second-order valence-electron chi connectivity index (χ2n) is 9.00. The van der Waals surface area contributed by atoms with E-state index >= 15 is 0 Å². The number of hydrogen-bond donors (Lipinski definition) is 11. The molecule has 1 rings (SSSR count). The molecule has 1 aliphatic heterocycles. The van der Waals surface area contributed by atoms with E-state index in [1.165, 1.54) is 0 Å². The Labute approximate surface area is 245 Å². The highest BCUT2D eigenvalue weighted by molar-refractivity contribution is 7.80. The van der Waals surface area contributed by atoms with E-state index in [0.717, 1.165) is 13.8 Å². The highest BCUT2D eigenvalue weighted by Crippen LogP contribution is 2.22. The quantitative estimate of drug-likeness (QED) is 0.0715. The Balaban J connectivity index is 2.62. The van der Waals surface area contributed by atoms with Gasteiger partial charge >= 0.3 is 0 Å². The summed E-state index contributed by atoms with van der Waals surface area (Å²) in [5.41, 5.74) is 5.08. The number of nitrogens with one attached hydrogen (secondary N) is 6. The molecule has 1 saturated heterocycles. The lowest BCUT2D eigenvalue weighted by Gasteiger charge is -2.42. The first-order valence-electron chi connectivity index (χ1n) is 12.5. The number of carbonyl (C=O) groups is 7. The molecule has 0 aliphatic carbocycles. The second-order valence-corrected chi connectivity index (χ2v) is 9.36. The molecule has 0 aromatic carbocycles. The summed E-state index contributed by atoms with van der Waals surface area (Å²) in [6, 6.07) is -3.72. The number of nitrogens with two attached hydrogens (primary N) is 1. The SMILES string of the molecule is CC(=O)N[C@H]1[C@@H](OC[C@H](NC(C)=O)C(=O)NCC(=O)NCC(=O)NCC(=O)N[C@@H](CS)C(N)=O)O[C@H](CO)[C@H](O)[C@@H]1O. The molecule has 42 heavy (non-hydrogen) atoms. The summed E-state index contributed by atoms with van der Waals surface area (Å²) in [4.78, 5) is 82.6. The molecule has 238 valence electrons. The first-order valence-corrected chi connectivity index (χ1v) is 13.1.